The minimum absolute atomic E-state index is 0.109. The van der Waals surface area contributed by atoms with Crippen LogP contribution in [0.3, 0.4) is 0 Å². The maximum atomic E-state index is 12.3. The molecule has 2 aromatic rings. The highest BCUT2D eigenvalue weighted by Crippen LogP contribution is 2.28. The number of carboxylic acids is 1. The fourth-order valence-corrected chi connectivity index (χ4v) is 2.49. The van der Waals surface area contributed by atoms with Crippen molar-refractivity contribution >= 4 is 11.9 Å². The lowest BCUT2D eigenvalue weighted by Gasteiger charge is -2.32. The van der Waals surface area contributed by atoms with Crippen LogP contribution in [-0.2, 0) is 4.79 Å². The molecule has 1 aromatic carbocycles. The van der Waals surface area contributed by atoms with Crippen LogP contribution >= 0.6 is 0 Å². The SMILES string of the molecule is COc1ccc(C(=O)NC2CC(C(=O)O)C2)cc1-n1cnnn1. The Hall–Kier alpha value is -2.97. The minimum atomic E-state index is -0.819. The van der Waals surface area contributed by atoms with Gasteiger partial charge in [0.15, 0.2) is 0 Å². The van der Waals surface area contributed by atoms with Gasteiger partial charge in [0, 0.05) is 11.6 Å². The molecule has 0 saturated heterocycles. The number of carbonyl (C=O) groups excluding carboxylic acids is 1. The van der Waals surface area contributed by atoms with Crippen molar-refractivity contribution in [1.29, 1.82) is 0 Å². The first-order valence-electron chi connectivity index (χ1n) is 7.03. The standard InChI is InChI=1S/C14H15N5O4/c1-23-12-3-2-8(6-11(12)19-7-15-17-18-19)13(20)16-10-4-9(5-10)14(21)22/h2-3,6-7,9-10H,4-5H2,1H3,(H,16,20)(H,21,22). The molecule has 1 amide bonds. The predicted molar refractivity (Wildman–Crippen MR) is 77.3 cm³/mol. The number of carboxylic acid groups (broad SMARTS) is 1. The van der Waals surface area contributed by atoms with Gasteiger partial charge >= 0.3 is 5.97 Å². The number of rotatable bonds is 5. The van der Waals surface area contributed by atoms with Crippen LogP contribution in [0.4, 0.5) is 0 Å². The van der Waals surface area contributed by atoms with Crippen LogP contribution in [0.1, 0.15) is 23.2 Å². The lowest BCUT2D eigenvalue weighted by molar-refractivity contribution is -0.145. The zero-order valence-electron chi connectivity index (χ0n) is 12.3. The Kier molecular flexibility index (Phi) is 3.92. The van der Waals surface area contributed by atoms with Crippen LogP contribution in [0.2, 0.25) is 0 Å². The number of aromatic nitrogens is 4. The molecule has 0 aliphatic heterocycles. The summed E-state index contributed by atoms with van der Waals surface area (Å²) in [5.74, 6) is -0.923. The van der Waals surface area contributed by atoms with Crippen molar-refractivity contribution in [2.45, 2.75) is 18.9 Å². The van der Waals surface area contributed by atoms with Crippen LogP contribution in [0.5, 0.6) is 5.75 Å². The number of carbonyl (C=O) groups is 2. The van der Waals surface area contributed by atoms with Gasteiger partial charge in [0.05, 0.1) is 13.0 Å². The summed E-state index contributed by atoms with van der Waals surface area (Å²) in [6.07, 6.45) is 2.32. The number of methoxy groups -OCH3 is 1. The smallest absolute Gasteiger partial charge is 0.306 e. The normalized spacial score (nSPS) is 19.7. The Labute approximate surface area is 131 Å². The third kappa shape index (κ3) is 2.98. The second-order valence-corrected chi connectivity index (χ2v) is 5.32. The first-order chi connectivity index (χ1) is 11.1. The molecule has 0 bridgehead atoms. The number of nitrogens with zero attached hydrogens (tertiary/aromatic N) is 4. The van der Waals surface area contributed by atoms with Gasteiger partial charge in [-0.1, -0.05) is 0 Å². The van der Waals surface area contributed by atoms with E-state index in [1.165, 1.54) is 18.1 Å². The molecule has 0 radical (unpaired) electrons. The molecular formula is C14H15N5O4. The molecule has 2 N–H and O–H groups in total. The van der Waals surface area contributed by atoms with Gasteiger partial charge in [-0.05, 0) is 41.5 Å². The molecule has 1 aliphatic carbocycles. The van der Waals surface area contributed by atoms with Gasteiger partial charge in [0.2, 0.25) is 0 Å². The summed E-state index contributed by atoms with van der Waals surface area (Å²) in [7, 11) is 1.52. The summed E-state index contributed by atoms with van der Waals surface area (Å²) in [6.45, 7) is 0. The number of amides is 1. The van der Waals surface area contributed by atoms with E-state index in [1.807, 2.05) is 0 Å². The number of aliphatic carboxylic acids is 1. The topological polar surface area (TPSA) is 119 Å². The van der Waals surface area contributed by atoms with E-state index in [9.17, 15) is 9.59 Å². The molecule has 23 heavy (non-hydrogen) atoms. The third-order valence-electron chi connectivity index (χ3n) is 3.86. The third-order valence-corrected chi connectivity index (χ3v) is 3.86. The number of hydrogen-bond donors (Lipinski definition) is 2. The molecule has 1 saturated carbocycles. The highest BCUT2D eigenvalue weighted by Gasteiger charge is 2.35. The average molecular weight is 317 g/mol. The summed E-state index contributed by atoms with van der Waals surface area (Å²) in [4.78, 5) is 23.1. The summed E-state index contributed by atoms with van der Waals surface area (Å²) < 4.78 is 6.65. The molecule has 120 valence electrons. The van der Waals surface area contributed by atoms with E-state index in [2.05, 4.69) is 20.8 Å². The summed E-state index contributed by atoms with van der Waals surface area (Å²) in [5.41, 5.74) is 0.970. The van der Waals surface area contributed by atoms with E-state index in [-0.39, 0.29) is 17.9 Å². The summed E-state index contributed by atoms with van der Waals surface area (Å²) in [6, 6.07) is 4.81. The van der Waals surface area contributed by atoms with Gasteiger partial charge in [0.1, 0.15) is 17.8 Å². The van der Waals surface area contributed by atoms with E-state index in [4.69, 9.17) is 9.84 Å². The highest BCUT2D eigenvalue weighted by atomic mass is 16.5. The van der Waals surface area contributed by atoms with Crippen molar-refractivity contribution < 1.29 is 19.4 Å². The predicted octanol–water partition coefficient (Wildman–Crippen LogP) is 0.264. The fourth-order valence-electron chi connectivity index (χ4n) is 2.49. The molecule has 1 fully saturated rings. The molecule has 9 nitrogen and oxygen atoms in total. The Morgan fingerprint density at radius 2 is 2.17 bits per heavy atom. The Balaban J connectivity index is 1.74. The number of benzene rings is 1. The Morgan fingerprint density at radius 1 is 1.39 bits per heavy atom. The van der Waals surface area contributed by atoms with Gasteiger partial charge in [-0.15, -0.1) is 5.10 Å². The molecule has 0 atom stereocenters. The van der Waals surface area contributed by atoms with Crippen molar-refractivity contribution in [3.63, 3.8) is 0 Å². The lowest BCUT2D eigenvalue weighted by Crippen LogP contribution is -2.46. The molecule has 1 heterocycles. The Morgan fingerprint density at radius 3 is 2.78 bits per heavy atom. The summed E-state index contributed by atoms with van der Waals surface area (Å²) in [5, 5.41) is 22.6. The minimum Gasteiger partial charge on any atom is -0.494 e. The van der Waals surface area contributed by atoms with Gasteiger partial charge in [-0.2, -0.15) is 4.68 Å². The fraction of sp³-hybridized carbons (Fsp3) is 0.357. The van der Waals surface area contributed by atoms with Crippen molar-refractivity contribution in [2.75, 3.05) is 7.11 Å². The molecule has 3 rings (SSSR count). The second kappa shape index (κ2) is 6.03. The maximum Gasteiger partial charge on any atom is 0.306 e. The van der Waals surface area contributed by atoms with Gasteiger partial charge in [0.25, 0.3) is 5.91 Å². The maximum absolute atomic E-state index is 12.3. The monoisotopic (exact) mass is 317 g/mol. The Bertz CT molecular complexity index is 725. The number of hydrogen-bond acceptors (Lipinski definition) is 6. The van der Waals surface area contributed by atoms with Crippen LogP contribution in [0, 0.1) is 5.92 Å². The first-order valence-corrected chi connectivity index (χ1v) is 7.03. The number of nitrogens with one attached hydrogen (secondary N) is 1. The van der Waals surface area contributed by atoms with Gasteiger partial charge in [-0.3, -0.25) is 9.59 Å². The van der Waals surface area contributed by atoms with Crippen molar-refractivity contribution in [3.8, 4) is 11.4 Å². The molecule has 1 aromatic heterocycles. The molecule has 1 aliphatic rings. The van der Waals surface area contributed by atoms with Crippen LogP contribution in [-0.4, -0.2) is 50.3 Å². The van der Waals surface area contributed by atoms with E-state index < -0.39 is 5.97 Å². The first kappa shape index (κ1) is 14.9. The molecule has 0 unspecified atom stereocenters. The van der Waals surface area contributed by atoms with Crippen molar-refractivity contribution in [1.82, 2.24) is 25.5 Å². The van der Waals surface area contributed by atoms with E-state index >= 15 is 0 Å². The van der Waals surface area contributed by atoms with Crippen molar-refractivity contribution in [2.24, 2.45) is 5.92 Å². The quantitative estimate of drug-likeness (QED) is 0.812. The number of ether oxygens (including phenoxy) is 1. The van der Waals surface area contributed by atoms with E-state index in [0.717, 1.165) is 0 Å². The van der Waals surface area contributed by atoms with Crippen LogP contribution in [0.25, 0.3) is 5.69 Å². The highest BCUT2D eigenvalue weighted by molar-refractivity contribution is 5.95. The van der Waals surface area contributed by atoms with Gasteiger partial charge in [-0.25, -0.2) is 0 Å². The summed E-state index contributed by atoms with van der Waals surface area (Å²) >= 11 is 0. The lowest BCUT2D eigenvalue weighted by atomic mass is 9.80. The molecular weight excluding hydrogens is 302 g/mol. The van der Waals surface area contributed by atoms with E-state index in [0.29, 0.717) is 29.8 Å². The van der Waals surface area contributed by atoms with Crippen LogP contribution in [0.15, 0.2) is 24.5 Å². The largest absolute Gasteiger partial charge is 0.494 e. The molecule has 9 heteroatoms. The molecule has 0 spiro atoms. The van der Waals surface area contributed by atoms with E-state index in [1.54, 1.807) is 18.2 Å². The number of tetrazole rings is 1. The van der Waals surface area contributed by atoms with Gasteiger partial charge < -0.3 is 15.2 Å². The zero-order valence-corrected chi connectivity index (χ0v) is 12.3. The zero-order chi connectivity index (χ0) is 16.4. The van der Waals surface area contributed by atoms with Crippen LogP contribution < -0.4 is 10.1 Å². The van der Waals surface area contributed by atoms with Crippen molar-refractivity contribution in [3.05, 3.63) is 30.1 Å². The second-order valence-electron chi connectivity index (χ2n) is 5.32. The average Bonchev–Trinajstić information content (AvgIpc) is 3.03.